The van der Waals surface area contributed by atoms with E-state index in [4.69, 9.17) is 0 Å². The average Bonchev–Trinajstić information content (AvgIpc) is 3.24. The molecule has 0 aromatic heterocycles. The Morgan fingerprint density at radius 2 is 2.04 bits per heavy atom. The van der Waals surface area contributed by atoms with Crippen molar-refractivity contribution >= 4 is 33.4 Å². The quantitative estimate of drug-likeness (QED) is 0.606. The number of hydrogen-bond acceptors (Lipinski definition) is 2. The van der Waals surface area contributed by atoms with Crippen molar-refractivity contribution in [3.8, 4) is 0 Å². The number of hydrazone groups is 1. The van der Waals surface area contributed by atoms with Gasteiger partial charge in [-0.15, -0.1) is 0 Å². The van der Waals surface area contributed by atoms with E-state index < -0.39 is 0 Å². The van der Waals surface area contributed by atoms with Gasteiger partial charge in [0.1, 0.15) is 0 Å². The molecule has 23 heavy (non-hydrogen) atoms. The van der Waals surface area contributed by atoms with Gasteiger partial charge in [-0.2, -0.15) is 5.10 Å². The van der Waals surface area contributed by atoms with Crippen LogP contribution in [0.4, 0.5) is 10.5 Å². The zero-order valence-corrected chi connectivity index (χ0v) is 14.2. The number of nitrogens with zero attached hydrogens (tertiary/aromatic N) is 1. The third kappa shape index (κ3) is 1.36. The van der Waals surface area contributed by atoms with Crippen LogP contribution in [0.25, 0.3) is 0 Å². The van der Waals surface area contributed by atoms with Crippen LogP contribution in [0.3, 0.4) is 0 Å². The fraction of sp³-hybridized carbons (Fsp3) is 0.556. The fourth-order valence-electron chi connectivity index (χ4n) is 7.16. The third-order valence-corrected chi connectivity index (χ3v) is 8.72. The van der Waals surface area contributed by atoms with E-state index in [0.29, 0.717) is 16.2 Å². The highest BCUT2D eigenvalue weighted by Crippen LogP contribution is 2.85. The minimum absolute atomic E-state index is 0.245. The van der Waals surface area contributed by atoms with Crippen LogP contribution in [-0.2, 0) is 0 Å². The first-order chi connectivity index (χ1) is 11.2. The van der Waals surface area contributed by atoms with Crippen LogP contribution in [0.1, 0.15) is 12.8 Å². The van der Waals surface area contributed by atoms with Crippen LogP contribution in [0.5, 0.6) is 0 Å². The van der Waals surface area contributed by atoms with Gasteiger partial charge in [0.05, 0.1) is 0 Å². The molecule has 6 saturated carbocycles. The molecule has 6 aliphatic carbocycles. The fourth-order valence-corrected chi connectivity index (χ4v) is 8.70. The summed E-state index contributed by atoms with van der Waals surface area (Å²) in [5.74, 6) is 5.53. The maximum absolute atomic E-state index is 12.1. The number of nitrogens with one attached hydrogen (secondary N) is 2. The summed E-state index contributed by atoms with van der Waals surface area (Å²) < 4.78 is 0.307. The highest BCUT2D eigenvalue weighted by atomic mass is 79.9. The topological polar surface area (TPSA) is 53.5 Å². The van der Waals surface area contributed by atoms with E-state index in [9.17, 15) is 4.79 Å². The van der Waals surface area contributed by atoms with Gasteiger partial charge in [0.15, 0.2) is 0 Å². The van der Waals surface area contributed by atoms with E-state index in [2.05, 4.69) is 31.8 Å². The maximum atomic E-state index is 12.1. The zero-order chi connectivity index (χ0) is 15.3. The summed E-state index contributed by atoms with van der Waals surface area (Å²) in [5.41, 5.74) is 4.83. The molecule has 6 fully saturated rings. The second-order valence-corrected chi connectivity index (χ2v) is 9.41. The maximum Gasteiger partial charge on any atom is 0.339 e. The van der Waals surface area contributed by atoms with Crippen LogP contribution in [0.2, 0.25) is 0 Å². The van der Waals surface area contributed by atoms with Gasteiger partial charge < -0.3 is 5.32 Å². The van der Waals surface area contributed by atoms with Crippen molar-refractivity contribution in [2.24, 2.45) is 46.5 Å². The monoisotopic (exact) mass is 371 g/mol. The number of hydrogen-bond donors (Lipinski definition) is 2. The second kappa shape index (κ2) is 4.00. The molecule has 0 saturated heterocycles. The molecule has 1 aromatic rings. The summed E-state index contributed by atoms with van der Waals surface area (Å²) in [4.78, 5) is 12.1. The Balaban J connectivity index is 1.25. The Morgan fingerprint density at radius 3 is 2.83 bits per heavy atom. The number of para-hydroxylation sites is 1. The van der Waals surface area contributed by atoms with Gasteiger partial charge in [0.2, 0.25) is 0 Å². The van der Waals surface area contributed by atoms with Crippen molar-refractivity contribution in [1.29, 1.82) is 0 Å². The molecule has 6 aliphatic rings. The lowest BCUT2D eigenvalue weighted by atomic mass is 9.71. The normalized spacial score (nSPS) is 51.3. The summed E-state index contributed by atoms with van der Waals surface area (Å²) in [6.07, 6.45) is 2.74. The molecule has 5 heteroatoms. The lowest BCUT2D eigenvalue weighted by molar-refractivity contribution is 0.149. The summed E-state index contributed by atoms with van der Waals surface area (Å²) in [6, 6.07) is 9.26. The number of alkyl halides is 1. The Bertz CT molecular complexity index is 750. The molecule has 1 aromatic carbocycles. The first-order valence-corrected chi connectivity index (χ1v) is 9.36. The van der Waals surface area contributed by atoms with Gasteiger partial charge in [0, 0.05) is 27.6 Å². The lowest BCUT2D eigenvalue weighted by Crippen LogP contribution is -2.39. The predicted octanol–water partition coefficient (Wildman–Crippen LogP) is 3.46. The molecule has 0 heterocycles. The van der Waals surface area contributed by atoms with Crippen molar-refractivity contribution in [1.82, 2.24) is 5.43 Å². The standard InChI is InChI=1S/C18H18BrN3O/c19-18-7-11-9-6-10-12(11)15(18)16(13(10)14(9)18)21-22-17(23)20-8-4-2-1-3-5-8/h1-5,9-15H,6-7H2,(H2,20,22,23)/b21-16+. The molecule has 0 radical (unpaired) electrons. The zero-order valence-electron chi connectivity index (χ0n) is 12.6. The van der Waals surface area contributed by atoms with Crippen LogP contribution < -0.4 is 10.7 Å². The smallest absolute Gasteiger partial charge is 0.307 e. The second-order valence-electron chi connectivity index (χ2n) is 7.93. The van der Waals surface area contributed by atoms with Crippen LogP contribution >= 0.6 is 15.9 Å². The van der Waals surface area contributed by atoms with Gasteiger partial charge in [-0.3, -0.25) is 0 Å². The summed E-state index contributed by atoms with van der Waals surface area (Å²) in [5, 5.41) is 7.45. The Morgan fingerprint density at radius 1 is 1.22 bits per heavy atom. The van der Waals surface area contributed by atoms with Gasteiger partial charge in [-0.25, -0.2) is 10.2 Å². The van der Waals surface area contributed by atoms with Crippen molar-refractivity contribution in [3.63, 3.8) is 0 Å². The Labute approximate surface area is 143 Å². The van der Waals surface area contributed by atoms with E-state index in [1.54, 1.807) is 0 Å². The molecule has 0 aliphatic heterocycles. The van der Waals surface area contributed by atoms with E-state index in [-0.39, 0.29) is 6.03 Å². The summed E-state index contributed by atoms with van der Waals surface area (Å²) in [6.45, 7) is 0. The van der Waals surface area contributed by atoms with Crippen LogP contribution in [0, 0.1) is 41.4 Å². The van der Waals surface area contributed by atoms with E-state index in [0.717, 1.165) is 35.3 Å². The number of halogens is 1. The number of rotatable bonds is 2. The molecule has 8 atom stereocenters. The molecular weight excluding hydrogens is 354 g/mol. The number of benzene rings is 1. The molecule has 2 amide bonds. The van der Waals surface area contributed by atoms with E-state index in [1.807, 2.05) is 30.3 Å². The van der Waals surface area contributed by atoms with Crippen molar-refractivity contribution in [2.75, 3.05) is 5.32 Å². The molecule has 6 bridgehead atoms. The summed E-state index contributed by atoms with van der Waals surface area (Å²) >= 11 is 4.11. The molecule has 0 spiro atoms. The number of anilines is 1. The van der Waals surface area contributed by atoms with Crippen molar-refractivity contribution in [3.05, 3.63) is 30.3 Å². The highest BCUT2D eigenvalue weighted by molar-refractivity contribution is 9.10. The largest absolute Gasteiger partial charge is 0.339 e. The predicted molar refractivity (Wildman–Crippen MR) is 91.4 cm³/mol. The minimum Gasteiger partial charge on any atom is -0.307 e. The van der Waals surface area contributed by atoms with Crippen molar-refractivity contribution < 1.29 is 4.79 Å². The Kier molecular flexibility index (Phi) is 2.26. The molecule has 118 valence electrons. The molecule has 4 nitrogen and oxygen atoms in total. The third-order valence-electron chi connectivity index (χ3n) is 7.38. The first kappa shape index (κ1) is 13.0. The number of urea groups is 1. The first-order valence-electron chi connectivity index (χ1n) is 8.57. The molecular formula is C18H18BrN3O. The van der Waals surface area contributed by atoms with Gasteiger partial charge in [-0.05, 0) is 54.6 Å². The minimum atomic E-state index is -0.245. The van der Waals surface area contributed by atoms with Crippen LogP contribution in [-0.4, -0.2) is 16.1 Å². The lowest BCUT2D eigenvalue weighted by Gasteiger charge is -2.37. The van der Waals surface area contributed by atoms with Gasteiger partial charge >= 0.3 is 6.03 Å². The number of carbonyl (C=O) groups excluding carboxylic acids is 1. The Hall–Kier alpha value is -1.36. The van der Waals surface area contributed by atoms with E-state index >= 15 is 0 Å². The molecule has 2 N–H and O–H groups in total. The number of carbonyl (C=O) groups is 1. The van der Waals surface area contributed by atoms with Gasteiger partial charge in [-0.1, -0.05) is 34.1 Å². The number of amides is 2. The summed E-state index contributed by atoms with van der Waals surface area (Å²) in [7, 11) is 0. The van der Waals surface area contributed by atoms with Crippen molar-refractivity contribution in [2.45, 2.75) is 17.2 Å². The van der Waals surface area contributed by atoms with Crippen LogP contribution in [0.15, 0.2) is 35.4 Å². The SMILES string of the molecule is O=C(N/N=C1\C2C3CC4C5CC(Br)(C1C53)C42)Nc1ccccc1. The average molecular weight is 372 g/mol. The molecule has 7 rings (SSSR count). The van der Waals surface area contributed by atoms with E-state index in [1.165, 1.54) is 18.6 Å². The highest BCUT2D eigenvalue weighted by Gasteiger charge is 2.84. The molecule has 8 unspecified atom stereocenters. The van der Waals surface area contributed by atoms with Gasteiger partial charge in [0.25, 0.3) is 0 Å².